The Balaban J connectivity index is 2.18. The van der Waals surface area contributed by atoms with Gasteiger partial charge in [0.1, 0.15) is 11.8 Å². The first-order valence-electron chi connectivity index (χ1n) is 11.9. The highest BCUT2D eigenvalue weighted by Gasteiger charge is 2.40. The summed E-state index contributed by atoms with van der Waals surface area (Å²) >= 11 is 0. The average Bonchev–Trinajstić information content (AvgIpc) is 2.79. The number of hydrogen-bond donors (Lipinski definition) is 2. The van der Waals surface area contributed by atoms with Crippen LogP contribution in [0.2, 0.25) is 0 Å². The third kappa shape index (κ3) is 6.52. The Bertz CT molecular complexity index is 957. The normalized spacial score (nSPS) is 19.8. The third-order valence-electron chi connectivity index (χ3n) is 6.68. The minimum atomic E-state index is -0.683. The van der Waals surface area contributed by atoms with E-state index in [0.717, 1.165) is 6.42 Å². The Morgan fingerprint density at radius 2 is 1.88 bits per heavy atom. The van der Waals surface area contributed by atoms with E-state index in [0.29, 0.717) is 19.0 Å². The van der Waals surface area contributed by atoms with E-state index in [1.54, 1.807) is 6.92 Å². The first-order chi connectivity index (χ1) is 15.9. The van der Waals surface area contributed by atoms with Gasteiger partial charge in [-0.15, -0.1) is 0 Å². The number of nitrogens with zero attached hydrogens (tertiary/aromatic N) is 1. The average molecular weight is 469 g/mol. The SMILES string of the molecule is C=C/C(=C\C(O)=C(/C)OC)C(=O)NC(C(=O)N1CC[C@H](c2ccc(C)cc2)C(C)(C)C1)C(C)C. The number of methoxy groups -OCH3 is 1. The van der Waals surface area contributed by atoms with E-state index >= 15 is 0 Å². The summed E-state index contributed by atoms with van der Waals surface area (Å²) in [5, 5.41) is 13.0. The molecular weight excluding hydrogens is 428 g/mol. The molecule has 34 heavy (non-hydrogen) atoms. The fraction of sp³-hybridized carbons (Fsp3) is 0.500. The predicted octanol–water partition coefficient (Wildman–Crippen LogP) is 5.03. The van der Waals surface area contributed by atoms with Gasteiger partial charge in [-0.1, -0.05) is 70.2 Å². The number of carbonyl (C=O) groups excluding carboxylic acids is 2. The largest absolute Gasteiger partial charge is 0.504 e. The number of ether oxygens (including phenoxy) is 1. The van der Waals surface area contributed by atoms with Crippen LogP contribution in [0.25, 0.3) is 0 Å². The molecule has 0 aliphatic carbocycles. The molecule has 1 aliphatic heterocycles. The fourth-order valence-electron chi connectivity index (χ4n) is 4.47. The highest BCUT2D eigenvalue weighted by molar-refractivity contribution is 5.99. The van der Waals surface area contributed by atoms with Gasteiger partial charge in [0, 0.05) is 18.7 Å². The summed E-state index contributed by atoms with van der Waals surface area (Å²) in [5.41, 5.74) is 2.59. The van der Waals surface area contributed by atoms with Crippen LogP contribution < -0.4 is 5.32 Å². The molecule has 0 spiro atoms. The van der Waals surface area contributed by atoms with Gasteiger partial charge in [0.05, 0.1) is 7.11 Å². The number of aliphatic hydroxyl groups is 1. The van der Waals surface area contributed by atoms with Gasteiger partial charge in [0.25, 0.3) is 5.91 Å². The number of carbonyl (C=O) groups is 2. The molecule has 2 N–H and O–H groups in total. The lowest BCUT2D eigenvalue weighted by molar-refractivity contribution is -0.140. The summed E-state index contributed by atoms with van der Waals surface area (Å²) in [7, 11) is 1.43. The zero-order valence-electron chi connectivity index (χ0n) is 21.6. The molecule has 0 saturated carbocycles. The van der Waals surface area contributed by atoms with E-state index in [-0.39, 0.29) is 34.3 Å². The highest BCUT2D eigenvalue weighted by atomic mass is 16.5. The lowest BCUT2D eigenvalue weighted by Gasteiger charge is -2.45. The second kappa shape index (κ2) is 11.4. The first-order valence-corrected chi connectivity index (χ1v) is 11.9. The van der Waals surface area contributed by atoms with Crippen LogP contribution in [0.4, 0.5) is 0 Å². The maximum atomic E-state index is 13.5. The number of piperidine rings is 1. The lowest BCUT2D eigenvalue weighted by Crippen LogP contribution is -2.56. The molecule has 1 saturated heterocycles. The fourth-order valence-corrected chi connectivity index (χ4v) is 4.47. The van der Waals surface area contributed by atoms with Gasteiger partial charge in [-0.25, -0.2) is 0 Å². The standard InChI is InChI=1S/C28H40N2O4/c1-9-21(16-24(31)20(5)34-8)26(32)29-25(18(2)3)27(33)30-15-14-23(28(6,7)17-30)22-12-10-19(4)11-13-22/h9-13,16,18,23,25,31H,1,14-15,17H2,2-8H3,(H,29,32)/b21-16+,24-20-/t23-,25?/m1/s1. The molecule has 6 heteroatoms. The number of rotatable bonds is 8. The van der Waals surface area contributed by atoms with Crippen LogP contribution in [0.15, 0.2) is 60.1 Å². The van der Waals surface area contributed by atoms with Crippen molar-refractivity contribution in [3.05, 3.63) is 71.2 Å². The number of benzene rings is 1. The number of nitrogens with one attached hydrogen (secondary N) is 1. The van der Waals surface area contributed by atoms with Crippen molar-refractivity contribution in [2.45, 2.75) is 59.9 Å². The van der Waals surface area contributed by atoms with Gasteiger partial charge < -0.3 is 20.1 Å². The summed E-state index contributed by atoms with van der Waals surface area (Å²) in [4.78, 5) is 28.3. The van der Waals surface area contributed by atoms with E-state index in [4.69, 9.17) is 4.74 Å². The summed E-state index contributed by atoms with van der Waals surface area (Å²) in [6.45, 7) is 16.8. The number of likely N-dealkylation sites (tertiary alicyclic amines) is 1. The van der Waals surface area contributed by atoms with Crippen LogP contribution in [0, 0.1) is 18.3 Å². The number of allylic oxidation sites excluding steroid dienone is 2. The second-order valence-corrected chi connectivity index (χ2v) is 10.1. The number of amides is 2. The molecule has 1 unspecified atom stereocenters. The van der Waals surface area contributed by atoms with Crippen LogP contribution in [-0.4, -0.2) is 48.1 Å². The minimum absolute atomic E-state index is 0.0879. The zero-order chi connectivity index (χ0) is 25.6. The van der Waals surface area contributed by atoms with Gasteiger partial charge in [0.2, 0.25) is 5.91 Å². The van der Waals surface area contributed by atoms with Crippen LogP contribution in [0.1, 0.15) is 58.1 Å². The molecule has 0 bridgehead atoms. The number of aryl methyl sites for hydroxylation is 1. The topological polar surface area (TPSA) is 78.9 Å². The molecule has 2 amide bonds. The zero-order valence-corrected chi connectivity index (χ0v) is 21.6. The van der Waals surface area contributed by atoms with E-state index in [9.17, 15) is 14.7 Å². The molecule has 2 atom stereocenters. The van der Waals surface area contributed by atoms with E-state index < -0.39 is 11.9 Å². The predicted molar refractivity (Wildman–Crippen MR) is 136 cm³/mol. The molecular formula is C28H40N2O4. The van der Waals surface area contributed by atoms with Crippen LogP contribution in [0.3, 0.4) is 0 Å². The molecule has 6 nitrogen and oxygen atoms in total. The number of hydrogen-bond acceptors (Lipinski definition) is 4. The summed E-state index contributed by atoms with van der Waals surface area (Å²) in [6, 6.07) is 7.97. The van der Waals surface area contributed by atoms with Crippen LogP contribution in [0.5, 0.6) is 0 Å². The Kier molecular flexibility index (Phi) is 9.14. The van der Waals surface area contributed by atoms with E-state index in [1.165, 1.54) is 30.4 Å². The van der Waals surface area contributed by atoms with Gasteiger partial charge in [-0.2, -0.15) is 0 Å². The van der Waals surface area contributed by atoms with Crippen LogP contribution in [-0.2, 0) is 14.3 Å². The first kappa shape index (κ1) is 27.2. The lowest BCUT2D eigenvalue weighted by atomic mass is 9.70. The van der Waals surface area contributed by atoms with Crippen molar-refractivity contribution in [3.63, 3.8) is 0 Å². The van der Waals surface area contributed by atoms with Gasteiger partial charge in [-0.3, -0.25) is 9.59 Å². The maximum Gasteiger partial charge on any atom is 0.252 e. The molecule has 1 fully saturated rings. The van der Waals surface area contributed by atoms with Gasteiger partial charge >= 0.3 is 0 Å². The minimum Gasteiger partial charge on any atom is -0.504 e. The Morgan fingerprint density at radius 1 is 1.26 bits per heavy atom. The van der Waals surface area contributed by atoms with Crippen molar-refractivity contribution >= 4 is 11.8 Å². The third-order valence-corrected chi connectivity index (χ3v) is 6.68. The van der Waals surface area contributed by atoms with Crippen molar-refractivity contribution in [2.24, 2.45) is 11.3 Å². The Morgan fingerprint density at radius 3 is 2.38 bits per heavy atom. The monoisotopic (exact) mass is 468 g/mol. The van der Waals surface area contributed by atoms with Crippen molar-refractivity contribution < 1.29 is 19.4 Å². The summed E-state index contributed by atoms with van der Waals surface area (Å²) in [5.74, 6) is -0.188. The van der Waals surface area contributed by atoms with E-state index in [1.807, 2.05) is 18.7 Å². The van der Waals surface area contributed by atoms with Crippen molar-refractivity contribution in [3.8, 4) is 0 Å². The van der Waals surface area contributed by atoms with Gasteiger partial charge in [0.15, 0.2) is 5.76 Å². The molecule has 0 aromatic heterocycles. The molecule has 1 aliphatic rings. The van der Waals surface area contributed by atoms with Gasteiger partial charge in [-0.05, 0) is 49.2 Å². The molecule has 0 radical (unpaired) electrons. The Hall–Kier alpha value is -3.02. The second-order valence-electron chi connectivity index (χ2n) is 10.1. The van der Waals surface area contributed by atoms with Crippen molar-refractivity contribution in [1.29, 1.82) is 0 Å². The number of aliphatic hydroxyl groups excluding tert-OH is 1. The summed E-state index contributed by atoms with van der Waals surface area (Å²) in [6.07, 6.45) is 3.51. The quantitative estimate of drug-likeness (QED) is 0.319. The van der Waals surface area contributed by atoms with Crippen molar-refractivity contribution in [2.75, 3.05) is 20.2 Å². The molecule has 2 rings (SSSR count). The maximum absolute atomic E-state index is 13.5. The van der Waals surface area contributed by atoms with Crippen LogP contribution >= 0.6 is 0 Å². The molecule has 1 heterocycles. The summed E-state index contributed by atoms with van der Waals surface area (Å²) < 4.78 is 5.00. The van der Waals surface area contributed by atoms with Crippen molar-refractivity contribution in [1.82, 2.24) is 10.2 Å². The molecule has 1 aromatic rings. The van der Waals surface area contributed by atoms with E-state index in [2.05, 4.69) is 56.9 Å². The smallest absolute Gasteiger partial charge is 0.252 e. The molecule has 1 aromatic carbocycles. The Labute approximate surface area is 204 Å². The highest BCUT2D eigenvalue weighted by Crippen LogP contribution is 2.42. The molecule has 186 valence electrons.